The number of nitrogens with one attached hydrogen (secondary N) is 2. The SMILES string of the molecule is CC(C)[NH+](CCC1=CNC2(C)CC=CC(OC(=O)CCCC(=O)O)=C12)C(C)C. The lowest BCUT2D eigenvalue weighted by Gasteiger charge is -2.32. The van der Waals surface area contributed by atoms with Gasteiger partial charge in [-0.15, -0.1) is 0 Å². The summed E-state index contributed by atoms with van der Waals surface area (Å²) in [6.07, 6.45) is 8.10. The Morgan fingerprint density at radius 2 is 1.93 bits per heavy atom. The van der Waals surface area contributed by atoms with Crippen molar-refractivity contribution in [3.8, 4) is 0 Å². The highest BCUT2D eigenvalue weighted by Crippen LogP contribution is 2.39. The summed E-state index contributed by atoms with van der Waals surface area (Å²) < 4.78 is 5.66. The number of esters is 1. The summed E-state index contributed by atoms with van der Waals surface area (Å²) in [6, 6.07) is 1.10. The Balaban J connectivity index is 2.12. The Morgan fingerprint density at radius 3 is 2.54 bits per heavy atom. The quantitative estimate of drug-likeness (QED) is 0.498. The second kappa shape index (κ2) is 9.41. The van der Waals surface area contributed by atoms with Crippen LogP contribution in [0.2, 0.25) is 0 Å². The van der Waals surface area contributed by atoms with Gasteiger partial charge in [0.15, 0.2) is 0 Å². The molecule has 0 saturated carbocycles. The molecular weight excluding hydrogens is 356 g/mol. The third-order valence-electron chi connectivity index (χ3n) is 5.64. The molecule has 0 aromatic carbocycles. The van der Waals surface area contributed by atoms with Gasteiger partial charge in [0, 0.05) is 31.0 Å². The van der Waals surface area contributed by atoms with E-state index in [1.54, 1.807) is 4.90 Å². The topological polar surface area (TPSA) is 80.1 Å². The molecule has 6 heteroatoms. The smallest absolute Gasteiger partial charge is 0.311 e. The van der Waals surface area contributed by atoms with Gasteiger partial charge >= 0.3 is 11.9 Å². The van der Waals surface area contributed by atoms with Crippen molar-refractivity contribution in [3.63, 3.8) is 0 Å². The number of rotatable bonds is 10. The summed E-state index contributed by atoms with van der Waals surface area (Å²) in [7, 11) is 0. The van der Waals surface area contributed by atoms with Crippen LogP contribution < -0.4 is 10.2 Å². The highest BCUT2D eigenvalue weighted by atomic mass is 16.5. The lowest BCUT2D eigenvalue weighted by Crippen LogP contribution is -3.17. The molecule has 0 aromatic heterocycles. The predicted octanol–water partition coefficient (Wildman–Crippen LogP) is 2.34. The van der Waals surface area contributed by atoms with Crippen LogP contribution in [-0.2, 0) is 14.3 Å². The van der Waals surface area contributed by atoms with Crippen LogP contribution in [-0.4, -0.2) is 41.2 Å². The lowest BCUT2D eigenvalue weighted by atomic mass is 9.82. The molecule has 0 bridgehead atoms. The van der Waals surface area contributed by atoms with E-state index in [0.29, 0.717) is 24.3 Å². The van der Waals surface area contributed by atoms with Gasteiger partial charge in [0.05, 0.1) is 24.2 Å². The molecule has 1 unspecified atom stereocenters. The fourth-order valence-corrected chi connectivity index (χ4v) is 4.18. The maximum atomic E-state index is 12.2. The molecule has 0 spiro atoms. The number of carboxylic acid groups (broad SMARTS) is 1. The molecule has 2 aliphatic rings. The summed E-state index contributed by atoms with van der Waals surface area (Å²) >= 11 is 0. The summed E-state index contributed by atoms with van der Waals surface area (Å²) in [5, 5.41) is 12.2. The van der Waals surface area contributed by atoms with E-state index in [0.717, 1.165) is 25.0 Å². The zero-order valence-electron chi connectivity index (χ0n) is 17.8. The first-order chi connectivity index (χ1) is 13.1. The number of carboxylic acids is 1. The standard InChI is InChI=1S/C22H34N2O4/c1-15(2)24(16(3)4)13-11-17-14-23-22(5)12-7-8-18(21(17)22)28-20(27)10-6-9-19(25)26/h7-8,14-16,23H,6,9-13H2,1-5H3,(H,25,26)/p+1. The summed E-state index contributed by atoms with van der Waals surface area (Å²) in [6.45, 7) is 12.1. The van der Waals surface area contributed by atoms with Crippen LogP contribution in [0.5, 0.6) is 0 Å². The molecule has 1 atom stereocenters. The third kappa shape index (κ3) is 5.47. The second-order valence-electron chi connectivity index (χ2n) is 8.60. The van der Waals surface area contributed by atoms with E-state index in [1.807, 2.05) is 12.2 Å². The molecule has 3 N–H and O–H groups in total. The van der Waals surface area contributed by atoms with Crippen molar-refractivity contribution in [2.75, 3.05) is 6.54 Å². The third-order valence-corrected chi connectivity index (χ3v) is 5.64. The van der Waals surface area contributed by atoms with Gasteiger partial charge in [0.2, 0.25) is 0 Å². The van der Waals surface area contributed by atoms with Crippen molar-refractivity contribution >= 4 is 11.9 Å². The molecule has 0 radical (unpaired) electrons. The summed E-state index contributed by atoms with van der Waals surface area (Å²) in [5.74, 6) is -0.672. The fraction of sp³-hybridized carbons (Fsp3) is 0.636. The van der Waals surface area contributed by atoms with Gasteiger partial charge in [0.25, 0.3) is 0 Å². The summed E-state index contributed by atoms with van der Waals surface area (Å²) in [5.41, 5.74) is 2.00. The van der Waals surface area contributed by atoms with E-state index in [2.05, 4.69) is 46.1 Å². The number of allylic oxidation sites excluding steroid dienone is 1. The molecule has 1 aliphatic carbocycles. The van der Waals surface area contributed by atoms with Gasteiger partial charge in [-0.1, -0.05) is 6.08 Å². The first kappa shape index (κ1) is 22.2. The van der Waals surface area contributed by atoms with Crippen molar-refractivity contribution < 1.29 is 24.3 Å². The van der Waals surface area contributed by atoms with Crippen LogP contribution >= 0.6 is 0 Å². The van der Waals surface area contributed by atoms with E-state index in [4.69, 9.17) is 9.84 Å². The minimum Gasteiger partial charge on any atom is -0.481 e. The Hall–Kier alpha value is -2.08. The molecule has 0 fully saturated rings. The average molecular weight is 392 g/mol. The number of aliphatic carboxylic acids is 1. The molecule has 6 nitrogen and oxygen atoms in total. The van der Waals surface area contributed by atoms with Gasteiger partial charge in [-0.3, -0.25) is 9.59 Å². The van der Waals surface area contributed by atoms with E-state index >= 15 is 0 Å². The number of carbonyl (C=O) groups is 2. The van der Waals surface area contributed by atoms with E-state index in [-0.39, 0.29) is 24.3 Å². The Morgan fingerprint density at radius 1 is 1.25 bits per heavy atom. The molecule has 156 valence electrons. The van der Waals surface area contributed by atoms with Crippen LogP contribution in [0.15, 0.2) is 35.3 Å². The zero-order chi connectivity index (χ0) is 20.9. The van der Waals surface area contributed by atoms with Gasteiger partial charge in [-0.25, -0.2) is 0 Å². The van der Waals surface area contributed by atoms with Crippen LogP contribution in [0, 0.1) is 0 Å². The minimum atomic E-state index is -0.896. The average Bonchev–Trinajstić information content (AvgIpc) is 2.91. The molecule has 28 heavy (non-hydrogen) atoms. The van der Waals surface area contributed by atoms with E-state index in [1.165, 1.54) is 5.57 Å². The van der Waals surface area contributed by atoms with Crippen molar-refractivity contribution in [1.29, 1.82) is 0 Å². The molecule has 1 heterocycles. The lowest BCUT2D eigenvalue weighted by molar-refractivity contribution is -0.941. The predicted molar refractivity (Wildman–Crippen MR) is 109 cm³/mol. The number of carbonyl (C=O) groups excluding carboxylic acids is 1. The van der Waals surface area contributed by atoms with Crippen molar-refractivity contribution in [3.05, 3.63) is 35.3 Å². The number of ether oxygens (including phenoxy) is 1. The van der Waals surface area contributed by atoms with Gasteiger partial charge < -0.3 is 20.1 Å². The molecular formula is C22H35N2O4+. The number of quaternary nitrogens is 1. The van der Waals surface area contributed by atoms with Crippen LogP contribution in [0.3, 0.4) is 0 Å². The van der Waals surface area contributed by atoms with Gasteiger partial charge in [-0.2, -0.15) is 0 Å². The van der Waals surface area contributed by atoms with Crippen LogP contribution in [0.25, 0.3) is 0 Å². The second-order valence-corrected chi connectivity index (χ2v) is 8.60. The Labute approximate surface area is 168 Å². The Kier molecular flexibility index (Phi) is 7.47. The normalized spacial score (nSPS) is 21.2. The van der Waals surface area contributed by atoms with Crippen LogP contribution in [0.1, 0.15) is 66.7 Å². The van der Waals surface area contributed by atoms with Crippen molar-refractivity contribution in [1.82, 2.24) is 5.32 Å². The maximum absolute atomic E-state index is 12.2. The molecule has 0 amide bonds. The first-order valence-corrected chi connectivity index (χ1v) is 10.3. The Bertz CT molecular complexity index is 683. The number of hydrogen-bond donors (Lipinski definition) is 3. The first-order valence-electron chi connectivity index (χ1n) is 10.3. The molecule has 0 saturated heterocycles. The number of fused-ring (bicyclic) bond motifs is 1. The van der Waals surface area contributed by atoms with Crippen molar-refractivity contribution in [2.45, 2.75) is 84.3 Å². The van der Waals surface area contributed by atoms with Gasteiger partial charge in [-0.05, 0) is 59.1 Å². The van der Waals surface area contributed by atoms with E-state index < -0.39 is 5.97 Å². The fourth-order valence-electron chi connectivity index (χ4n) is 4.18. The largest absolute Gasteiger partial charge is 0.481 e. The highest BCUT2D eigenvalue weighted by molar-refractivity contribution is 5.73. The van der Waals surface area contributed by atoms with Crippen LogP contribution in [0.4, 0.5) is 0 Å². The highest BCUT2D eigenvalue weighted by Gasteiger charge is 2.39. The minimum absolute atomic E-state index is 0.0235. The summed E-state index contributed by atoms with van der Waals surface area (Å²) in [4.78, 5) is 24.4. The molecule has 0 aromatic rings. The van der Waals surface area contributed by atoms with Gasteiger partial charge in [0.1, 0.15) is 5.76 Å². The zero-order valence-corrected chi connectivity index (χ0v) is 17.8. The van der Waals surface area contributed by atoms with E-state index in [9.17, 15) is 9.59 Å². The number of hydrogen-bond acceptors (Lipinski definition) is 4. The maximum Gasteiger partial charge on any atom is 0.311 e. The monoisotopic (exact) mass is 391 g/mol. The van der Waals surface area contributed by atoms with Crippen molar-refractivity contribution in [2.24, 2.45) is 0 Å². The molecule has 1 aliphatic heterocycles. The molecule has 2 rings (SSSR count).